The third kappa shape index (κ3) is 6.65. The Balaban J connectivity index is 2.00. The van der Waals surface area contributed by atoms with E-state index in [0.717, 1.165) is 5.56 Å². The van der Waals surface area contributed by atoms with Crippen LogP contribution in [0.15, 0.2) is 41.4 Å². The topological polar surface area (TPSA) is 89.6 Å². The zero-order valence-corrected chi connectivity index (χ0v) is 17.1. The Kier molecular flexibility index (Phi) is 8.01. The molecule has 9 heteroatoms. The van der Waals surface area contributed by atoms with E-state index < -0.39 is 16.7 Å². The molecule has 2 N–H and O–H groups in total. The lowest BCUT2D eigenvalue weighted by atomic mass is 10.3. The summed E-state index contributed by atoms with van der Waals surface area (Å²) < 4.78 is 50.4. The first kappa shape index (κ1) is 21.9. The number of alkyl halides is 1. The van der Waals surface area contributed by atoms with Crippen LogP contribution in [0.4, 0.5) is 10.1 Å². The average molecular weight is 411 g/mol. The van der Waals surface area contributed by atoms with E-state index in [9.17, 15) is 12.8 Å². The van der Waals surface area contributed by atoms with Gasteiger partial charge in [0.25, 0.3) is 10.0 Å². The van der Waals surface area contributed by atoms with E-state index in [1.165, 1.54) is 30.5 Å². The number of benzene rings is 1. The summed E-state index contributed by atoms with van der Waals surface area (Å²) in [6.07, 6.45) is 1.41. The van der Waals surface area contributed by atoms with Gasteiger partial charge in [-0.05, 0) is 37.3 Å². The molecule has 0 saturated heterocycles. The summed E-state index contributed by atoms with van der Waals surface area (Å²) in [5.41, 5.74) is 1.06. The molecular weight excluding hydrogens is 385 g/mol. The quantitative estimate of drug-likeness (QED) is 0.553. The fourth-order valence-electron chi connectivity index (χ4n) is 2.35. The van der Waals surface area contributed by atoms with Crippen LogP contribution in [0.2, 0.25) is 0 Å². The van der Waals surface area contributed by atoms with E-state index in [-0.39, 0.29) is 11.5 Å². The molecule has 1 aromatic carbocycles. The Morgan fingerprint density at radius 2 is 1.86 bits per heavy atom. The van der Waals surface area contributed by atoms with E-state index in [0.29, 0.717) is 36.5 Å². The fraction of sp³-hybridized carbons (Fsp3) is 0.421. The maximum Gasteiger partial charge on any atom is 0.261 e. The minimum absolute atomic E-state index is 0.0674. The van der Waals surface area contributed by atoms with Crippen molar-refractivity contribution in [1.82, 2.24) is 10.3 Å². The molecule has 0 spiro atoms. The van der Waals surface area contributed by atoms with Crippen LogP contribution in [0, 0.1) is 6.92 Å². The molecule has 1 aromatic heterocycles. The Bertz CT molecular complexity index is 858. The first-order valence-corrected chi connectivity index (χ1v) is 10.4. The van der Waals surface area contributed by atoms with Gasteiger partial charge in [-0.2, -0.15) is 0 Å². The molecule has 0 unspecified atom stereocenters. The van der Waals surface area contributed by atoms with Gasteiger partial charge in [-0.3, -0.25) is 4.72 Å². The van der Waals surface area contributed by atoms with Gasteiger partial charge >= 0.3 is 0 Å². The van der Waals surface area contributed by atoms with Gasteiger partial charge < -0.3 is 14.8 Å². The van der Waals surface area contributed by atoms with Gasteiger partial charge in [-0.15, -0.1) is 0 Å². The highest BCUT2D eigenvalue weighted by Crippen LogP contribution is 2.22. The SMILES string of the molecule is Cc1cc(NS(=O)(=O)c2ccc(OCCF)cc2)cnc1OCCNC(C)C. The van der Waals surface area contributed by atoms with Crippen LogP contribution in [-0.4, -0.2) is 45.9 Å². The van der Waals surface area contributed by atoms with Crippen molar-refractivity contribution in [3.63, 3.8) is 0 Å². The van der Waals surface area contributed by atoms with Crippen LogP contribution in [0.3, 0.4) is 0 Å². The third-order valence-electron chi connectivity index (χ3n) is 3.66. The molecule has 7 nitrogen and oxygen atoms in total. The summed E-state index contributed by atoms with van der Waals surface area (Å²) in [5.74, 6) is 0.866. The van der Waals surface area contributed by atoms with E-state index in [1.807, 2.05) is 0 Å². The second-order valence-corrected chi connectivity index (χ2v) is 8.10. The van der Waals surface area contributed by atoms with E-state index in [2.05, 4.69) is 28.9 Å². The molecule has 0 saturated carbocycles. The van der Waals surface area contributed by atoms with E-state index >= 15 is 0 Å². The van der Waals surface area contributed by atoms with E-state index in [4.69, 9.17) is 9.47 Å². The molecule has 0 fully saturated rings. The number of halogens is 1. The molecule has 2 aromatic rings. The summed E-state index contributed by atoms with van der Waals surface area (Å²) in [6.45, 7) is 6.38. The van der Waals surface area contributed by atoms with Crippen molar-refractivity contribution in [3.8, 4) is 11.6 Å². The summed E-state index contributed by atoms with van der Waals surface area (Å²) in [7, 11) is -3.78. The maximum atomic E-state index is 12.5. The van der Waals surface area contributed by atoms with Crippen LogP contribution in [0.1, 0.15) is 19.4 Å². The van der Waals surface area contributed by atoms with Crippen LogP contribution < -0.4 is 19.5 Å². The largest absolute Gasteiger partial charge is 0.491 e. The highest BCUT2D eigenvalue weighted by atomic mass is 32.2. The first-order chi connectivity index (χ1) is 13.3. The number of aryl methyl sites for hydroxylation is 1. The zero-order chi connectivity index (χ0) is 20.6. The third-order valence-corrected chi connectivity index (χ3v) is 5.05. The molecule has 0 amide bonds. The summed E-state index contributed by atoms with van der Waals surface area (Å²) in [5, 5.41) is 3.24. The number of ether oxygens (including phenoxy) is 2. The summed E-state index contributed by atoms with van der Waals surface area (Å²) in [6, 6.07) is 7.80. The molecule has 28 heavy (non-hydrogen) atoms. The number of nitrogens with zero attached hydrogens (tertiary/aromatic N) is 1. The first-order valence-electron chi connectivity index (χ1n) is 8.96. The van der Waals surface area contributed by atoms with Gasteiger partial charge in [-0.1, -0.05) is 13.8 Å². The van der Waals surface area contributed by atoms with Crippen LogP contribution in [0.25, 0.3) is 0 Å². The van der Waals surface area contributed by atoms with Gasteiger partial charge in [0, 0.05) is 18.2 Å². The van der Waals surface area contributed by atoms with Crippen molar-refractivity contribution in [3.05, 3.63) is 42.1 Å². The zero-order valence-electron chi connectivity index (χ0n) is 16.2. The molecule has 0 aliphatic carbocycles. The van der Waals surface area contributed by atoms with Gasteiger partial charge in [0.2, 0.25) is 5.88 Å². The number of pyridine rings is 1. The highest BCUT2D eigenvalue weighted by molar-refractivity contribution is 7.92. The molecule has 1 heterocycles. The number of nitrogens with one attached hydrogen (secondary N) is 2. The van der Waals surface area contributed by atoms with Gasteiger partial charge in [-0.25, -0.2) is 17.8 Å². The second-order valence-electron chi connectivity index (χ2n) is 6.42. The van der Waals surface area contributed by atoms with Gasteiger partial charge in [0.15, 0.2) is 0 Å². The standard InChI is InChI=1S/C19H26FN3O4S/c1-14(2)21-9-11-27-19-15(3)12-16(13-22-19)23-28(24,25)18-6-4-17(5-7-18)26-10-8-20/h4-7,12-14,21,23H,8-11H2,1-3H3. The van der Waals surface area contributed by atoms with Gasteiger partial charge in [0.1, 0.15) is 25.6 Å². The number of hydrogen-bond acceptors (Lipinski definition) is 6. The molecular formula is C19H26FN3O4S. The van der Waals surface area contributed by atoms with Gasteiger partial charge in [0.05, 0.1) is 16.8 Å². The van der Waals surface area contributed by atoms with Crippen LogP contribution >= 0.6 is 0 Å². The number of aromatic nitrogens is 1. The number of rotatable bonds is 11. The Morgan fingerprint density at radius 1 is 1.14 bits per heavy atom. The minimum Gasteiger partial charge on any atom is -0.491 e. The van der Waals surface area contributed by atoms with Crippen LogP contribution in [-0.2, 0) is 10.0 Å². The van der Waals surface area contributed by atoms with Crippen LogP contribution in [0.5, 0.6) is 11.6 Å². The number of sulfonamides is 1. The number of hydrogen-bond donors (Lipinski definition) is 2. The second kappa shape index (κ2) is 10.2. The van der Waals surface area contributed by atoms with Crippen molar-refractivity contribution < 1.29 is 22.3 Å². The minimum atomic E-state index is -3.78. The van der Waals surface area contributed by atoms with E-state index in [1.54, 1.807) is 13.0 Å². The molecule has 0 atom stereocenters. The molecule has 0 bridgehead atoms. The molecule has 0 radical (unpaired) electrons. The van der Waals surface area contributed by atoms with Crippen molar-refractivity contribution in [1.29, 1.82) is 0 Å². The normalized spacial score (nSPS) is 11.5. The molecule has 0 aliphatic rings. The van der Waals surface area contributed by atoms with Crippen molar-refractivity contribution in [2.24, 2.45) is 0 Å². The summed E-state index contributed by atoms with van der Waals surface area (Å²) >= 11 is 0. The van der Waals surface area contributed by atoms with Crippen molar-refractivity contribution in [2.45, 2.75) is 31.7 Å². The Labute approximate surface area is 165 Å². The lowest BCUT2D eigenvalue weighted by Gasteiger charge is -2.13. The fourth-order valence-corrected chi connectivity index (χ4v) is 3.38. The Hall–Kier alpha value is -2.39. The average Bonchev–Trinajstić information content (AvgIpc) is 2.65. The smallest absolute Gasteiger partial charge is 0.261 e. The maximum absolute atomic E-state index is 12.5. The van der Waals surface area contributed by atoms with Crippen molar-refractivity contribution >= 4 is 15.7 Å². The predicted molar refractivity (Wildman–Crippen MR) is 106 cm³/mol. The lowest BCUT2D eigenvalue weighted by molar-refractivity contribution is 0.273. The molecule has 2 rings (SSSR count). The highest BCUT2D eigenvalue weighted by Gasteiger charge is 2.15. The number of anilines is 1. The predicted octanol–water partition coefficient (Wildman–Crippen LogP) is 2.92. The monoisotopic (exact) mass is 411 g/mol. The summed E-state index contributed by atoms with van der Waals surface area (Å²) in [4.78, 5) is 4.26. The molecule has 0 aliphatic heterocycles. The lowest BCUT2D eigenvalue weighted by Crippen LogP contribution is -2.27. The molecule has 154 valence electrons. The van der Waals surface area contributed by atoms with Crippen molar-refractivity contribution in [2.75, 3.05) is 31.2 Å². The Morgan fingerprint density at radius 3 is 2.46 bits per heavy atom.